The maximum atomic E-state index is 13.3. The Balaban J connectivity index is 1.66. The number of hydrogen-bond acceptors (Lipinski definition) is 3. The van der Waals surface area contributed by atoms with E-state index in [0.29, 0.717) is 40.2 Å². The summed E-state index contributed by atoms with van der Waals surface area (Å²) in [6, 6.07) is 17.1. The van der Waals surface area contributed by atoms with E-state index < -0.39 is 5.82 Å². The number of rotatable bonds is 9. The third kappa shape index (κ3) is 7.14. The summed E-state index contributed by atoms with van der Waals surface area (Å²) < 4.78 is 19.2. The van der Waals surface area contributed by atoms with Crippen LogP contribution in [0.2, 0.25) is 10.0 Å². The maximum absolute atomic E-state index is 13.3. The van der Waals surface area contributed by atoms with Gasteiger partial charge in [0.25, 0.3) is 0 Å². The smallest absolute Gasteiger partial charge is 0.224 e. The quantitative estimate of drug-likeness (QED) is 0.341. The van der Waals surface area contributed by atoms with E-state index in [1.807, 2.05) is 44.2 Å². The van der Waals surface area contributed by atoms with Crippen LogP contribution in [0.3, 0.4) is 0 Å². The third-order valence-corrected chi connectivity index (χ3v) is 5.23. The number of hydrogen-bond donors (Lipinski definition) is 2. The van der Waals surface area contributed by atoms with Gasteiger partial charge in [-0.2, -0.15) is 0 Å². The maximum Gasteiger partial charge on any atom is 0.224 e. The van der Waals surface area contributed by atoms with Crippen LogP contribution in [-0.2, 0) is 17.9 Å². The predicted molar refractivity (Wildman–Crippen MR) is 129 cm³/mol. The number of nitrogens with one attached hydrogen (secondary N) is 2. The van der Waals surface area contributed by atoms with Gasteiger partial charge < -0.3 is 15.4 Å². The highest BCUT2D eigenvalue weighted by Crippen LogP contribution is 2.27. The fraction of sp³-hybridized carbons (Fsp3) is 0.240. The minimum atomic E-state index is -0.391. The van der Waals surface area contributed by atoms with Crippen LogP contribution in [0.4, 0.5) is 15.8 Å². The van der Waals surface area contributed by atoms with Crippen LogP contribution in [-0.4, -0.2) is 5.91 Å². The molecule has 0 atom stereocenters. The molecule has 0 aliphatic heterocycles. The van der Waals surface area contributed by atoms with Gasteiger partial charge in [0.15, 0.2) is 0 Å². The highest BCUT2D eigenvalue weighted by atomic mass is 35.5. The molecule has 1 amide bonds. The Labute approximate surface area is 197 Å². The summed E-state index contributed by atoms with van der Waals surface area (Å²) in [6.45, 7) is 4.67. The lowest BCUT2D eigenvalue weighted by Crippen LogP contribution is -2.14. The van der Waals surface area contributed by atoms with Gasteiger partial charge in [0, 0.05) is 40.5 Å². The van der Waals surface area contributed by atoms with Gasteiger partial charge in [-0.1, -0.05) is 49.2 Å². The third-order valence-electron chi connectivity index (χ3n) is 4.64. The van der Waals surface area contributed by atoms with Crippen LogP contribution in [0, 0.1) is 11.7 Å². The first-order valence-electron chi connectivity index (χ1n) is 10.3. The second-order valence-electron chi connectivity index (χ2n) is 7.86. The molecular weight excluding hydrogens is 450 g/mol. The molecule has 0 bridgehead atoms. The van der Waals surface area contributed by atoms with Crippen LogP contribution in [0.5, 0.6) is 5.75 Å². The van der Waals surface area contributed by atoms with Crippen LogP contribution < -0.4 is 15.4 Å². The van der Waals surface area contributed by atoms with Crippen molar-refractivity contribution >= 4 is 40.5 Å². The molecule has 3 rings (SSSR count). The minimum Gasteiger partial charge on any atom is -0.488 e. The number of amides is 1. The van der Waals surface area contributed by atoms with Gasteiger partial charge in [0.05, 0.1) is 5.02 Å². The summed E-state index contributed by atoms with van der Waals surface area (Å²) in [5, 5.41) is 7.15. The van der Waals surface area contributed by atoms with Gasteiger partial charge in [0.1, 0.15) is 18.2 Å². The van der Waals surface area contributed by atoms with Crippen LogP contribution in [0.25, 0.3) is 0 Å². The number of ether oxygens (including phenoxy) is 1. The molecule has 0 aromatic heterocycles. The van der Waals surface area contributed by atoms with Crippen molar-refractivity contribution in [3.63, 3.8) is 0 Å². The Morgan fingerprint density at radius 1 is 1.00 bits per heavy atom. The normalized spacial score (nSPS) is 10.8. The Kier molecular flexibility index (Phi) is 8.37. The summed E-state index contributed by atoms with van der Waals surface area (Å²) in [6.07, 6.45) is 0.471. The number of benzene rings is 3. The molecule has 0 heterocycles. The fourth-order valence-corrected chi connectivity index (χ4v) is 3.52. The topological polar surface area (TPSA) is 50.4 Å². The van der Waals surface area contributed by atoms with E-state index in [9.17, 15) is 9.18 Å². The van der Waals surface area contributed by atoms with Crippen molar-refractivity contribution in [3.05, 3.63) is 87.7 Å². The Hall–Kier alpha value is -2.76. The highest BCUT2D eigenvalue weighted by Gasteiger charge is 2.09. The van der Waals surface area contributed by atoms with Crippen LogP contribution in [0.1, 0.15) is 31.4 Å². The van der Waals surface area contributed by atoms with Crippen molar-refractivity contribution in [1.82, 2.24) is 0 Å². The molecule has 0 aliphatic rings. The highest BCUT2D eigenvalue weighted by molar-refractivity contribution is 6.31. The summed E-state index contributed by atoms with van der Waals surface area (Å²) >= 11 is 12.3. The molecule has 0 unspecified atom stereocenters. The average Bonchev–Trinajstić information content (AvgIpc) is 2.72. The molecule has 7 heteroatoms. The Morgan fingerprint density at radius 2 is 1.78 bits per heavy atom. The van der Waals surface area contributed by atoms with Crippen LogP contribution in [0.15, 0.2) is 60.7 Å². The van der Waals surface area contributed by atoms with E-state index in [4.69, 9.17) is 27.9 Å². The standard InChI is InChI=1S/C25H25Cl2FN2O2/c1-16(2)10-25(31)30-22-5-3-4-21(13-22)29-14-18-11-19(26)7-9-24(18)32-15-17-6-8-20(28)12-23(17)27/h3-9,11-13,16,29H,10,14-15H2,1-2H3,(H,30,31). The number of anilines is 2. The van der Waals surface area contributed by atoms with Gasteiger partial charge in [-0.3, -0.25) is 4.79 Å². The first-order chi connectivity index (χ1) is 15.3. The van der Waals surface area contributed by atoms with Crippen LogP contribution >= 0.6 is 23.2 Å². The molecule has 32 heavy (non-hydrogen) atoms. The predicted octanol–water partition coefficient (Wildman–Crippen LogP) is 7.31. The molecule has 0 aliphatic carbocycles. The van der Waals surface area contributed by atoms with Gasteiger partial charge in [0.2, 0.25) is 5.91 Å². The van der Waals surface area contributed by atoms with E-state index in [0.717, 1.165) is 16.9 Å². The van der Waals surface area contributed by atoms with E-state index >= 15 is 0 Å². The molecule has 3 aromatic carbocycles. The zero-order valence-electron chi connectivity index (χ0n) is 17.9. The van der Waals surface area contributed by atoms with Gasteiger partial charge in [-0.15, -0.1) is 0 Å². The van der Waals surface area contributed by atoms with Crippen molar-refractivity contribution in [2.24, 2.45) is 5.92 Å². The first-order valence-corrected chi connectivity index (χ1v) is 11.0. The SMILES string of the molecule is CC(C)CC(=O)Nc1cccc(NCc2cc(Cl)ccc2OCc2ccc(F)cc2Cl)c1. The molecule has 4 nitrogen and oxygen atoms in total. The Bertz CT molecular complexity index is 1090. The van der Waals surface area contributed by atoms with E-state index in [1.165, 1.54) is 12.1 Å². The zero-order valence-corrected chi connectivity index (χ0v) is 19.4. The lowest BCUT2D eigenvalue weighted by Gasteiger charge is -2.15. The van der Waals surface area contributed by atoms with Crippen molar-refractivity contribution in [2.45, 2.75) is 33.4 Å². The van der Waals surface area contributed by atoms with Gasteiger partial charge >= 0.3 is 0 Å². The molecule has 0 saturated carbocycles. The average molecular weight is 475 g/mol. The lowest BCUT2D eigenvalue weighted by atomic mass is 10.1. The Morgan fingerprint density at radius 3 is 2.53 bits per heavy atom. The zero-order chi connectivity index (χ0) is 23.1. The molecule has 3 aromatic rings. The number of carbonyl (C=O) groups is 1. The molecule has 2 N–H and O–H groups in total. The van der Waals surface area contributed by atoms with E-state index in [-0.39, 0.29) is 12.5 Å². The van der Waals surface area contributed by atoms with Crippen molar-refractivity contribution in [3.8, 4) is 5.75 Å². The summed E-state index contributed by atoms with van der Waals surface area (Å²) in [5.41, 5.74) is 3.12. The summed E-state index contributed by atoms with van der Waals surface area (Å²) in [5.74, 6) is 0.533. The molecule has 0 saturated heterocycles. The molecule has 0 fully saturated rings. The van der Waals surface area contributed by atoms with E-state index in [2.05, 4.69) is 10.6 Å². The summed E-state index contributed by atoms with van der Waals surface area (Å²) in [4.78, 5) is 12.0. The fourth-order valence-electron chi connectivity index (χ4n) is 3.11. The first kappa shape index (κ1) is 23.9. The lowest BCUT2D eigenvalue weighted by molar-refractivity contribution is -0.116. The second kappa shape index (κ2) is 11.2. The van der Waals surface area contributed by atoms with E-state index in [1.54, 1.807) is 18.2 Å². The minimum absolute atomic E-state index is 0.0119. The molecule has 0 radical (unpaired) electrons. The summed E-state index contributed by atoms with van der Waals surface area (Å²) in [7, 11) is 0. The van der Waals surface area contributed by atoms with Crippen molar-refractivity contribution in [2.75, 3.05) is 10.6 Å². The molecule has 168 valence electrons. The second-order valence-corrected chi connectivity index (χ2v) is 8.70. The van der Waals surface area contributed by atoms with Gasteiger partial charge in [-0.25, -0.2) is 4.39 Å². The van der Waals surface area contributed by atoms with Gasteiger partial charge in [-0.05, 0) is 54.4 Å². The van der Waals surface area contributed by atoms with Crippen molar-refractivity contribution in [1.29, 1.82) is 0 Å². The van der Waals surface area contributed by atoms with Crippen molar-refractivity contribution < 1.29 is 13.9 Å². The molecular formula is C25H25Cl2FN2O2. The number of halogens is 3. The molecule has 0 spiro atoms. The number of carbonyl (C=O) groups excluding carboxylic acids is 1. The monoisotopic (exact) mass is 474 g/mol. The largest absolute Gasteiger partial charge is 0.488 e.